The first-order chi connectivity index (χ1) is 9.00. The van der Waals surface area contributed by atoms with Gasteiger partial charge in [0.1, 0.15) is 0 Å². The van der Waals surface area contributed by atoms with Crippen molar-refractivity contribution < 1.29 is 13.2 Å². The van der Waals surface area contributed by atoms with Crippen molar-refractivity contribution >= 4 is 11.3 Å². The minimum Gasteiger partial charge on any atom is -0.271 e. The minimum atomic E-state index is -4.08. The maximum Gasteiger partial charge on any atom is 0.391 e. The van der Waals surface area contributed by atoms with Gasteiger partial charge in [-0.1, -0.05) is 6.42 Å². The van der Waals surface area contributed by atoms with E-state index in [2.05, 4.69) is 10.4 Å². The predicted molar refractivity (Wildman–Crippen MR) is 68.4 cm³/mol. The van der Waals surface area contributed by atoms with Gasteiger partial charge >= 0.3 is 6.18 Å². The van der Waals surface area contributed by atoms with Gasteiger partial charge in [0, 0.05) is 24.0 Å². The lowest BCUT2D eigenvalue weighted by Crippen LogP contribution is -2.45. The summed E-state index contributed by atoms with van der Waals surface area (Å²) in [5.74, 6) is 4.31. The highest BCUT2D eigenvalue weighted by molar-refractivity contribution is 7.09. The van der Waals surface area contributed by atoms with E-state index in [-0.39, 0.29) is 24.8 Å². The van der Waals surface area contributed by atoms with E-state index >= 15 is 0 Å². The fraction of sp³-hybridized carbons (Fsp3) is 0.750. The van der Waals surface area contributed by atoms with E-state index in [1.165, 1.54) is 11.3 Å². The minimum absolute atomic E-state index is 0.0331. The van der Waals surface area contributed by atoms with E-state index < -0.39 is 12.1 Å². The lowest BCUT2D eigenvalue weighted by atomic mass is 9.77. The molecule has 3 unspecified atom stereocenters. The Morgan fingerprint density at radius 3 is 2.84 bits per heavy atom. The zero-order chi connectivity index (χ0) is 13.9. The van der Waals surface area contributed by atoms with E-state index in [1.807, 2.05) is 5.38 Å². The largest absolute Gasteiger partial charge is 0.391 e. The van der Waals surface area contributed by atoms with Gasteiger partial charge in [0.2, 0.25) is 0 Å². The Hall–Kier alpha value is -0.660. The summed E-state index contributed by atoms with van der Waals surface area (Å²) in [7, 11) is 0. The molecule has 7 heteroatoms. The lowest BCUT2D eigenvalue weighted by molar-refractivity contribution is -0.186. The van der Waals surface area contributed by atoms with Crippen LogP contribution in [0.3, 0.4) is 0 Å². The zero-order valence-electron chi connectivity index (χ0n) is 10.5. The number of rotatable bonds is 4. The molecular weight excluding hydrogens is 275 g/mol. The van der Waals surface area contributed by atoms with Crippen LogP contribution in [0.1, 0.15) is 30.7 Å². The molecule has 1 aliphatic carbocycles. The molecule has 1 aromatic rings. The van der Waals surface area contributed by atoms with Gasteiger partial charge in [-0.3, -0.25) is 11.3 Å². The van der Waals surface area contributed by atoms with Gasteiger partial charge in [-0.2, -0.15) is 13.2 Å². The molecule has 2 rings (SSSR count). The Balaban J connectivity index is 1.98. The standard InChI is InChI=1S/C12H18F3N3S/c13-12(14,15)9-3-1-2-8(6-9)10(18-16)7-11-17-4-5-19-11/h4-5,8-10,18H,1-3,6-7,16H2. The van der Waals surface area contributed by atoms with Crippen molar-refractivity contribution in [3.8, 4) is 0 Å². The van der Waals surface area contributed by atoms with Crippen LogP contribution in [0.15, 0.2) is 11.6 Å². The number of nitrogens with one attached hydrogen (secondary N) is 1. The highest BCUT2D eigenvalue weighted by Crippen LogP contribution is 2.41. The van der Waals surface area contributed by atoms with Crippen molar-refractivity contribution in [2.24, 2.45) is 17.7 Å². The van der Waals surface area contributed by atoms with Crippen LogP contribution in [0.2, 0.25) is 0 Å². The molecule has 1 aliphatic rings. The maximum atomic E-state index is 12.8. The van der Waals surface area contributed by atoms with Gasteiger partial charge < -0.3 is 0 Å². The molecule has 3 nitrogen and oxygen atoms in total. The maximum absolute atomic E-state index is 12.8. The van der Waals surface area contributed by atoms with E-state index in [1.54, 1.807) is 6.20 Å². The molecular formula is C12H18F3N3S. The van der Waals surface area contributed by atoms with Crippen LogP contribution in [0.4, 0.5) is 13.2 Å². The summed E-state index contributed by atoms with van der Waals surface area (Å²) < 4.78 is 38.4. The highest BCUT2D eigenvalue weighted by Gasteiger charge is 2.43. The number of alkyl halides is 3. The number of nitrogens with two attached hydrogens (primary N) is 1. The third kappa shape index (κ3) is 3.90. The van der Waals surface area contributed by atoms with Gasteiger partial charge in [-0.05, 0) is 25.2 Å². The molecule has 0 aliphatic heterocycles. The number of halogens is 3. The molecule has 1 heterocycles. The molecule has 0 bridgehead atoms. The van der Waals surface area contributed by atoms with Crippen molar-refractivity contribution in [1.29, 1.82) is 0 Å². The Kier molecular flexibility index (Phi) is 4.81. The Bertz CT molecular complexity index is 380. The number of thiazole rings is 1. The first-order valence-corrected chi connectivity index (χ1v) is 7.30. The Labute approximate surface area is 114 Å². The molecule has 1 saturated carbocycles. The quantitative estimate of drug-likeness (QED) is 0.663. The molecule has 108 valence electrons. The van der Waals surface area contributed by atoms with Gasteiger partial charge in [-0.25, -0.2) is 4.98 Å². The second kappa shape index (κ2) is 6.19. The molecule has 0 saturated heterocycles. The van der Waals surface area contributed by atoms with Gasteiger partial charge in [0.05, 0.1) is 10.9 Å². The van der Waals surface area contributed by atoms with Crippen LogP contribution in [0, 0.1) is 11.8 Å². The van der Waals surface area contributed by atoms with Crippen molar-refractivity contribution in [2.75, 3.05) is 0 Å². The van der Waals surface area contributed by atoms with Crippen molar-refractivity contribution in [3.63, 3.8) is 0 Å². The SMILES string of the molecule is NNC(Cc1nccs1)C1CCCC(C(F)(F)F)C1. The fourth-order valence-electron chi connectivity index (χ4n) is 2.79. The predicted octanol–water partition coefficient (Wildman–Crippen LogP) is 2.89. The fourth-order valence-corrected chi connectivity index (χ4v) is 3.47. The average Bonchev–Trinajstić information content (AvgIpc) is 2.88. The molecule has 19 heavy (non-hydrogen) atoms. The molecule has 0 amide bonds. The van der Waals surface area contributed by atoms with Crippen molar-refractivity contribution in [1.82, 2.24) is 10.4 Å². The van der Waals surface area contributed by atoms with Crippen LogP contribution in [0.25, 0.3) is 0 Å². The van der Waals surface area contributed by atoms with E-state index in [0.717, 1.165) is 11.4 Å². The van der Waals surface area contributed by atoms with Gasteiger partial charge in [0.15, 0.2) is 0 Å². The van der Waals surface area contributed by atoms with Crippen LogP contribution < -0.4 is 11.3 Å². The second-order valence-electron chi connectivity index (χ2n) is 5.07. The van der Waals surface area contributed by atoms with Gasteiger partial charge in [-0.15, -0.1) is 11.3 Å². The smallest absolute Gasteiger partial charge is 0.271 e. The van der Waals surface area contributed by atoms with E-state index in [9.17, 15) is 13.2 Å². The molecule has 0 spiro atoms. The van der Waals surface area contributed by atoms with Crippen molar-refractivity contribution in [2.45, 2.75) is 44.3 Å². The number of hydrogen-bond donors (Lipinski definition) is 2. The highest BCUT2D eigenvalue weighted by atomic mass is 32.1. The van der Waals surface area contributed by atoms with Crippen LogP contribution in [-0.4, -0.2) is 17.2 Å². The summed E-state index contributed by atoms with van der Waals surface area (Å²) in [6.45, 7) is 0. The summed E-state index contributed by atoms with van der Waals surface area (Å²) in [5, 5.41) is 2.78. The normalized spacial score (nSPS) is 26.3. The third-order valence-corrected chi connectivity index (χ3v) is 4.64. The summed E-state index contributed by atoms with van der Waals surface area (Å²) in [6, 6.07) is -0.128. The molecule has 3 atom stereocenters. The number of aromatic nitrogens is 1. The van der Waals surface area contributed by atoms with Crippen LogP contribution in [0.5, 0.6) is 0 Å². The third-order valence-electron chi connectivity index (χ3n) is 3.84. The number of hydrogen-bond acceptors (Lipinski definition) is 4. The van der Waals surface area contributed by atoms with E-state index in [4.69, 9.17) is 5.84 Å². The molecule has 0 radical (unpaired) electrons. The first kappa shape index (κ1) is 14.7. The van der Waals surface area contributed by atoms with Gasteiger partial charge in [0.25, 0.3) is 0 Å². The zero-order valence-corrected chi connectivity index (χ0v) is 11.3. The monoisotopic (exact) mass is 293 g/mol. The molecule has 3 N–H and O–H groups in total. The number of hydrazine groups is 1. The summed E-state index contributed by atoms with van der Waals surface area (Å²) >= 11 is 1.51. The number of nitrogens with zero attached hydrogens (tertiary/aromatic N) is 1. The Morgan fingerprint density at radius 1 is 1.47 bits per heavy atom. The summed E-state index contributed by atoms with van der Waals surface area (Å²) in [5.41, 5.74) is 2.68. The second-order valence-corrected chi connectivity index (χ2v) is 6.05. The summed E-state index contributed by atoms with van der Waals surface area (Å²) in [6.07, 6.45) is 0.0470. The van der Waals surface area contributed by atoms with Crippen LogP contribution >= 0.6 is 11.3 Å². The lowest BCUT2D eigenvalue weighted by Gasteiger charge is -2.34. The Morgan fingerprint density at radius 2 is 2.26 bits per heavy atom. The molecule has 1 aromatic heterocycles. The van der Waals surface area contributed by atoms with Crippen molar-refractivity contribution in [3.05, 3.63) is 16.6 Å². The molecule has 0 aromatic carbocycles. The first-order valence-electron chi connectivity index (χ1n) is 6.42. The summed E-state index contributed by atoms with van der Waals surface area (Å²) in [4.78, 5) is 4.17. The van der Waals surface area contributed by atoms with Crippen LogP contribution in [-0.2, 0) is 6.42 Å². The van der Waals surface area contributed by atoms with E-state index in [0.29, 0.717) is 12.8 Å². The molecule has 1 fully saturated rings. The average molecular weight is 293 g/mol. The topological polar surface area (TPSA) is 50.9 Å².